The molecule has 3 heteroatoms. The Morgan fingerprint density at radius 3 is 2.75 bits per heavy atom. The molecule has 1 unspecified atom stereocenters. The number of ether oxygens (including phenoxy) is 1. The van der Waals surface area contributed by atoms with Gasteiger partial charge in [0.15, 0.2) is 0 Å². The van der Waals surface area contributed by atoms with Crippen LogP contribution in [0.5, 0.6) is 0 Å². The minimum Gasteiger partial charge on any atom is -0.366 e. The van der Waals surface area contributed by atoms with Gasteiger partial charge in [-0.1, -0.05) is 24.3 Å². The summed E-state index contributed by atoms with van der Waals surface area (Å²) in [6.45, 7) is 6.06. The van der Waals surface area contributed by atoms with Crippen molar-refractivity contribution in [1.29, 1.82) is 0 Å². The van der Waals surface area contributed by atoms with Crippen molar-refractivity contribution in [2.75, 3.05) is 13.7 Å². The number of aryl methyl sites for hydroxylation is 1. The molecule has 110 valence electrons. The number of amides is 1. The maximum absolute atomic E-state index is 12.3. The first-order valence-corrected chi connectivity index (χ1v) is 7.36. The molecule has 1 atom stereocenters. The molecule has 1 aromatic carbocycles. The second-order valence-corrected chi connectivity index (χ2v) is 6.51. The summed E-state index contributed by atoms with van der Waals surface area (Å²) in [5.41, 5.74) is 2.39. The van der Waals surface area contributed by atoms with Crippen LogP contribution in [0.1, 0.15) is 50.8 Å². The molecule has 0 N–H and O–H groups in total. The lowest BCUT2D eigenvalue weighted by molar-refractivity contribution is -0.142. The van der Waals surface area contributed by atoms with Gasteiger partial charge in [0.05, 0.1) is 11.6 Å². The van der Waals surface area contributed by atoms with Crippen molar-refractivity contribution in [3.8, 4) is 0 Å². The van der Waals surface area contributed by atoms with E-state index in [-0.39, 0.29) is 24.2 Å². The fourth-order valence-electron chi connectivity index (χ4n) is 2.68. The molecule has 0 fully saturated rings. The number of carbonyl (C=O) groups excluding carboxylic acids is 1. The van der Waals surface area contributed by atoms with Crippen LogP contribution in [-0.2, 0) is 16.0 Å². The molecule has 0 bridgehead atoms. The Hall–Kier alpha value is -1.35. The highest BCUT2D eigenvalue weighted by molar-refractivity contribution is 5.77. The lowest BCUT2D eigenvalue weighted by Gasteiger charge is -2.34. The second-order valence-electron chi connectivity index (χ2n) is 6.51. The van der Waals surface area contributed by atoms with Gasteiger partial charge in [-0.2, -0.15) is 0 Å². The molecule has 2 rings (SSSR count). The van der Waals surface area contributed by atoms with Crippen molar-refractivity contribution in [1.82, 2.24) is 4.90 Å². The molecule has 1 amide bonds. The van der Waals surface area contributed by atoms with E-state index >= 15 is 0 Å². The first-order valence-electron chi connectivity index (χ1n) is 7.36. The maximum Gasteiger partial charge on any atom is 0.248 e. The van der Waals surface area contributed by atoms with E-state index in [4.69, 9.17) is 4.74 Å². The van der Waals surface area contributed by atoms with Gasteiger partial charge in [-0.05, 0) is 51.2 Å². The Labute approximate surface area is 121 Å². The molecule has 3 nitrogen and oxygen atoms in total. The van der Waals surface area contributed by atoms with Crippen molar-refractivity contribution < 1.29 is 9.53 Å². The summed E-state index contributed by atoms with van der Waals surface area (Å²) in [6.07, 6.45) is 3.29. The number of carbonyl (C=O) groups is 1. The third-order valence-electron chi connectivity index (χ3n) is 3.83. The number of rotatable bonds is 3. The van der Waals surface area contributed by atoms with Crippen molar-refractivity contribution in [3.63, 3.8) is 0 Å². The Bertz CT molecular complexity index is 476. The zero-order valence-corrected chi connectivity index (χ0v) is 13.0. The van der Waals surface area contributed by atoms with E-state index in [1.165, 1.54) is 11.1 Å². The predicted octanol–water partition coefficient (Wildman–Crippen LogP) is 3.34. The van der Waals surface area contributed by atoms with Gasteiger partial charge in [0.2, 0.25) is 5.91 Å². The summed E-state index contributed by atoms with van der Waals surface area (Å²) in [5, 5.41) is 0. The van der Waals surface area contributed by atoms with Gasteiger partial charge in [-0.25, -0.2) is 0 Å². The summed E-state index contributed by atoms with van der Waals surface area (Å²) in [4.78, 5) is 14.2. The van der Waals surface area contributed by atoms with Gasteiger partial charge in [0.25, 0.3) is 0 Å². The van der Waals surface area contributed by atoms with Crippen LogP contribution in [0.25, 0.3) is 0 Å². The topological polar surface area (TPSA) is 29.5 Å². The lowest BCUT2D eigenvalue weighted by atomic mass is 9.87. The highest BCUT2D eigenvalue weighted by atomic mass is 16.5. The average Bonchev–Trinajstić information content (AvgIpc) is 2.42. The van der Waals surface area contributed by atoms with Crippen LogP contribution in [0.15, 0.2) is 24.3 Å². The summed E-state index contributed by atoms with van der Waals surface area (Å²) >= 11 is 0. The number of hydrogen-bond donors (Lipinski definition) is 0. The van der Waals surface area contributed by atoms with Crippen LogP contribution in [0, 0.1) is 0 Å². The van der Waals surface area contributed by atoms with Gasteiger partial charge < -0.3 is 9.64 Å². The minimum absolute atomic E-state index is 0.0571. The Kier molecular flexibility index (Phi) is 4.48. The third-order valence-corrected chi connectivity index (χ3v) is 3.83. The molecule has 0 radical (unpaired) electrons. The summed E-state index contributed by atoms with van der Waals surface area (Å²) in [5.74, 6) is 0.0571. The zero-order chi connectivity index (χ0) is 14.8. The van der Waals surface area contributed by atoms with Gasteiger partial charge in [-0.3, -0.25) is 4.79 Å². The summed E-state index contributed by atoms with van der Waals surface area (Å²) in [6, 6.07) is 8.64. The van der Waals surface area contributed by atoms with E-state index < -0.39 is 0 Å². The fraction of sp³-hybridized carbons (Fsp3) is 0.588. The van der Waals surface area contributed by atoms with Crippen LogP contribution < -0.4 is 0 Å². The highest BCUT2D eigenvalue weighted by Crippen LogP contribution is 2.33. The Balaban J connectivity index is 2.06. The number of likely N-dealkylation sites (N-methyl/N-ethyl adjacent to an activating group) is 1. The molecule has 1 aromatic rings. The molecule has 20 heavy (non-hydrogen) atoms. The summed E-state index contributed by atoms with van der Waals surface area (Å²) < 4.78 is 5.60. The van der Waals surface area contributed by atoms with Crippen molar-refractivity contribution in [2.45, 2.75) is 51.7 Å². The Morgan fingerprint density at radius 2 is 2.05 bits per heavy atom. The van der Waals surface area contributed by atoms with Crippen LogP contribution in [-0.4, -0.2) is 30.1 Å². The monoisotopic (exact) mass is 275 g/mol. The van der Waals surface area contributed by atoms with E-state index in [2.05, 4.69) is 24.3 Å². The van der Waals surface area contributed by atoms with Gasteiger partial charge in [0, 0.05) is 7.05 Å². The average molecular weight is 275 g/mol. The minimum atomic E-state index is -0.277. The number of benzene rings is 1. The van der Waals surface area contributed by atoms with E-state index in [0.29, 0.717) is 0 Å². The number of hydrogen-bond acceptors (Lipinski definition) is 2. The first-order chi connectivity index (χ1) is 9.38. The van der Waals surface area contributed by atoms with E-state index in [1.807, 2.05) is 32.7 Å². The highest BCUT2D eigenvalue weighted by Gasteiger charge is 2.27. The first kappa shape index (κ1) is 15.0. The molecule has 0 spiro atoms. The quantitative estimate of drug-likeness (QED) is 0.846. The predicted molar refractivity (Wildman–Crippen MR) is 80.6 cm³/mol. The van der Waals surface area contributed by atoms with Crippen LogP contribution >= 0.6 is 0 Å². The van der Waals surface area contributed by atoms with Crippen molar-refractivity contribution in [3.05, 3.63) is 35.4 Å². The van der Waals surface area contributed by atoms with Gasteiger partial charge in [-0.15, -0.1) is 0 Å². The number of nitrogens with zero attached hydrogens (tertiary/aromatic N) is 1. The smallest absolute Gasteiger partial charge is 0.248 e. The molecule has 1 aliphatic carbocycles. The van der Waals surface area contributed by atoms with Crippen LogP contribution in [0.3, 0.4) is 0 Å². The Morgan fingerprint density at radius 1 is 1.35 bits per heavy atom. The van der Waals surface area contributed by atoms with Crippen LogP contribution in [0.2, 0.25) is 0 Å². The van der Waals surface area contributed by atoms with Gasteiger partial charge >= 0.3 is 0 Å². The molecule has 0 aromatic heterocycles. The van der Waals surface area contributed by atoms with Crippen LogP contribution in [0.4, 0.5) is 0 Å². The molecule has 0 aliphatic heterocycles. The molecular formula is C17H25NO2. The third kappa shape index (κ3) is 3.60. The molecule has 0 saturated heterocycles. The standard InChI is InChI=1S/C17H25NO2/c1-17(2,3)20-12-16(19)18(4)15-11-7-9-13-8-5-6-10-14(13)15/h5-6,8,10,15H,7,9,11-12H2,1-4H3. The van der Waals surface area contributed by atoms with Crippen molar-refractivity contribution in [2.24, 2.45) is 0 Å². The summed E-state index contributed by atoms with van der Waals surface area (Å²) in [7, 11) is 1.89. The van der Waals surface area contributed by atoms with Gasteiger partial charge in [0.1, 0.15) is 6.61 Å². The lowest BCUT2D eigenvalue weighted by Crippen LogP contribution is -2.37. The van der Waals surface area contributed by atoms with E-state index in [9.17, 15) is 4.79 Å². The SMILES string of the molecule is CN(C(=O)COC(C)(C)C)C1CCCc2ccccc21. The normalized spacial score (nSPS) is 18.5. The number of fused-ring (bicyclic) bond motifs is 1. The molecule has 0 saturated carbocycles. The molecule has 0 heterocycles. The fourth-order valence-corrected chi connectivity index (χ4v) is 2.68. The maximum atomic E-state index is 12.3. The zero-order valence-electron chi connectivity index (χ0n) is 13.0. The van der Waals surface area contributed by atoms with E-state index in [0.717, 1.165) is 19.3 Å². The van der Waals surface area contributed by atoms with Crippen molar-refractivity contribution >= 4 is 5.91 Å². The molecule has 1 aliphatic rings. The van der Waals surface area contributed by atoms with E-state index in [1.54, 1.807) is 0 Å². The second kappa shape index (κ2) is 5.96. The largest absolute Gasteiger partial charge is 0.366 e. The molecular weight excluding hydrogens is 250 g/mol.